The second-order valence-corrected chi connectivity index (χ2v) is 13.8. The first kappa shape index (κ1) is 28.2. The molecule has 0 radical (unpaired) electrons. The van der Waals surface area contributed by atoms with Crippen molar-refractivity contribution < 1.29 is 4.42 Å². The van der Waals surface area contributed by atoms with E-state index in [1.807, 2.05) is 84.1 Å². The highest BCUT2D eigenvalue weighted by molar-refractivity contribution is 7.26. The molecule has 0 saturated heterocycles. The quantitative estimate of drug-likeness (QED) is 0.187. The standard InChI is InChI=1S/C45H26N4OS/c1-3-13-27(14-4-1)43-46-44(28-15-5-2-6-16-28)48-45(47-43)33-20-12-23-37-39(33)32-19-11-22-36(41(32)50-37)49-34-21-9-7-18-31(34)40-35(49)26-25-30-29-17-8-10-24-38(29)51-42(30)40/h1-26H. The van der Waals surface area contributed by atoms with E-state index in [-0.39, 0.29) is 0 Å². The topological polar surface area (TPSA) is 56.7 Å². The fourth-order valence-electron chi connectivity index (χ4n) is 7.62. The van der Waals surface area contributed by atoms with E-state index in [4.69, 9.17) is 19.4 Å². The van der Waals surface area contributed by atoms with Gasteiger partial charge in [0.05, 0.1) is 16.7 Å². The maximum absolute atomic E-state index is 6.84. The number of hydrogen-bond acceptors (Lipinski definition) is 5. The highest BCUT2D eigenvalue weighted by Crippen LogP contribution is 2.45. The Bertz CT molecular complexity index is 3080. The molecule has 0 amide bonds. The Morgan fingerprint density at radius 1 is 0.451 bits per heavy atom. The average Bonchev–Trinajstić information content (AvgIpc) is 3.88. The van der Waals surface area contributed by atoms with E-state index in [1.165, 1.54) is 30.9 Å². The van der Waals surface area contributed by atoms with Gasteiger partial charge in [-0.1, -0.05) is 127 Å². The minimum atomic E-state index is 0.602. The monoisotopic (exact) mass is 670 g/mol. The number of thiophene rings is 1. The van der Waals surface area contributed by atoms with E-state index in [2.05, 4.69) is 89.5 Å². The summed E-state index contributed by atoms with van der Waals surface area (Å²) in [4.78, 5) is 15.1. The van der Waals surface area contributed by atoms with Gasteiger partial charge in [-0.25, -0.2) is 15.0 Å². The van der Waals surface area contributed by atoms with Gasteiger partial charge in [0.15, 0.2) is 23.1 Å². The minimum Gasteiger partial charge on any atom is -0.454 e. The first-order chi connectivity index (χ1) is 25.3. The summed E-state index contributed by atoms with van der Waals surface area (Å²) in [5.74, 6) is 1.86. The molecule has 5 nitrogen and oxygen atoms in total. The van der Waals surface area contributed by atoms with Crippen LogP contribution in [0.5, 0.6) is 0 Å². The van der Waals surface area contributed by atoms with Gasteiger partial charge in [0.25, 0.3) is 0 Å². The second kappa shape index (κ2) is 10.9. The molecule has 0 N–H and O–H groups in total. The van der Waals surface area contributed by atoms with Gasteiger partial charge in [-0.05, 0) is 30.3 Å². The number of para-hydroxylation sites is 2. The SMILES string of the molecule is c1ccc(-c2nc(-c3ccccc3)nc(-c3cccc4oc5c(-n6c7ccccc7c7c8sc9ccccc9c8ccc76)cccc5c34)n2)cc1. The zero-order chi connectivity index (χ0) is 33.5. The molecular formula is C45H26N4OS. The lowest BCUT2D eigenvalue weighted by atomic mass is 10.0. The third-order valence-corrected chi connectivity index (χ3v) is 11.1. The van der Waals surface area contributed by atoms with E-state index in [9.17, 15) is 0 Å². The average molecular weight is 671 g/mol. The van der Waals surface area contributed by atoms with Gasteiger partial charge in [-0.3, -0.25) is 0 Å². The molecule has 238 valence electrons. The van der Waals surface area contributed by atoms with Crippen LogP contribution in [-0.4, -0.2) is 19.5 Å². The van der Waals surface area contributed by atoms with Gasteiger partial charge in [0, 0.05) is 58.4 Å². The van der Waals surface area contributed by atoms with Crippen LogP contribution in [-0.2, 0) is 0 Å². The highest BCUT2D eigenvalue weighted by atomic mass is 32.1. The molecule has 0 aliphatic carbocycles. The molecule has 0 aliphatic rings. The number of nitrogens with zero attached hydrogens (tertiary/aromatic N) is 4. The van der Waals surface area contributed by atoms with Crippen molar-refractivity contribution in [2.45, 2.75) is 0 Å². The van der Waals surface area contributed by atoms with Crippen LogP contribution in [0.1, 0.15) is 0 Å². The zero-order valence-electron chi connectivity index (χ0n) is 27.1. The summed E-state index contributed by atoms with van der Waals surface area (Å²) >= 11 is 1.86. The van der Waals surface area contributed by atoms with Crippen molar-refractivity contribution in [3.63, 3.8) is 0 Å². The lowest BCUT2D eigenvalue weighted by Crippen LogP contribution is -2.00. The second-order valence-electron chi connectivity index (χ2n) is 12.8. The molecule has 4 heterocycles. The van der Waals surface area contributed by atoms with Crippen LogP contribution in [0.15, 0.2) is 162 Å². The molecule has 11 aromatic rings. The summed E-state index contributed by atoms with van der Waals surface area (Å²) in [6.07, 6.45) is 0. The lowest BCUT2D eigenvalue weighted by molar-refractivity contribution is 0.666. The minimum absolute atomic E-state index is 0.602. The fraction of sp³-hybridized carbons (Fsp3) is 0. The Balaban J connectivity index is 1.18. The van der Waals surface area contributed by atoms with Crippen LogP contribution in [0.2, 0.25) is 0 Å². The van der Waals surface area contributed by atoms with Crippen molar-refractivity contribution in [3.8, 4) is 39.9 Å². The van der Waals surface area contributed by atoms with E-state index in [1.54, 1.807) is 0 Å². The summed E-state index contributed by atoms with van der Waals surface area (Å²) in [5.41, 5.74) is 7.66. The van der Waals surface area contributed by atoms with Gasteiger partial charge in [-0.15, -0.1) is 11.3 Å². The van der Waals surface area contributed by atoms with Crippen LogP contribution in [0.3, 0.4) is 0 Å². The van der Waals surface area contributed by atoms with Crippen LogP contribution < -0.4 is 0 Å². The lowest BCUT2D eigenvalue weighted by Gasteiger charge is -2.09. The zero-order valence-corrected chi connectivity index (χ0v) is 27.9. The van der Waals surface area contributed by atoms with Crippen LogP contribution in [0.4, 0.5) is 0 Å². The summed E-state index contributed by atoms with van der Waals surface area (Å²) in [6.45, 7) is 0. The van der Waals surface area contributed by atoms with E-state index >= 15 is 0 Å². The van der Waals surface area contributed by atoms with Crippen molar-refractivity contribution in [1.82, 2.24) is 19.5 Å². The molecule has 51 heavy (non-hydrogen) atoms. The first-order valence-electron chi connectivity index (χ1n) is 17.0. The summed E-state index contributed by atoms with van der Waals surface area (Å²) in [5, 5.41) is 7.07. The van der Waals surface area contributed by atoms with E-state index < -0.39 is 0 Å². The Morgan fingerprint density at radius 2 is 1.10 bits per heavy atom. The van der Waals surface area contributed by atoms with E-state index in [0.29, 0.717) is 17.5 Å². The van der Waals surface area contributed by atoms with Gasteiger partial charge >= 0.3 is 0 Å². The predicted molar refractivity (Wildman–Crippen MR) is 211 cm³/mol. The van der Waals surface area contributed by atoms with Gasteiger partial charge in [-0.2, -0.15) is 0 Å². The molecule has 0 aliphatic heterocycles. The maximum atomic E-state index is 6.84. The first-order valence-corrected chi connectivity index (χ1v) is 17.8. The Labute approximate surface area is 295 Å². The van der Waals surface area contributed by atoms with Crippen molar-refractivity contribution in [2.24, 2.45) is 0 Å². The fourth-order valence-corrected chi connectivity index (χ4v) is 8.88. The molecule has 0 atom stereocenters. The van der Waals surface area contributed by atoms with E-state index in [0.717, 1.165) is 55.3 Å². The number of fused-ring (bicyclic) bond motifs is 10. The Kier molecular flexibility index (Phi) is 6.05. The maximum Gasteiger partial charge on any atom is 0.164 e. The number of rotatable bonds is 4. The summed E-state index contributed by atoms with van der Waals surface area (Å²) in [6, 6.07) is 54.7. The highest BCUT2D eigenvalue weighted by Gasteiger charge is 2.22. The van der Waals surface area contributed by atoms with Gasteiger partial charge in [0.1, 0.15) is 5.58 Å². The number of benzene rings is 7. The smallest absolute Gasteiger partial charge is 0.164 e. The van der Waals surface area contributed by atoms with Gasteiger partial charge in [0.2, 0.25) is 0 Å². The molecule has 6 heteroatoms. The van der Waals surface area contributed by atoms with Gasteiger partial charge < -0.3 is 8.98 Å². The third-order valence-electron chi connectivity index (χ3n) is 9.86. The molecule has 4 aromatic heterocycles. The number of aromatic nitrogens is 4. The predicted octanol–water partition coefficient (Wildman–Crippen LogP) is 12.2. The van der Waals surface area contributed by atoms with Crippen molar-refractivity contribution in [2.75, 3.05) is 0 Å². The normalized spacial score (nSPS) is 11.9. The van der Waals surface area contributed by atoms with Crippen LogP contribution in [0.25, 0.3) is 104 Å². The number of furan rings is 1. The Morgan fingerprint density at radius 3 is 1.88 bits per heavy atom. The molecule has 0 fully saturated rings. The molecule has 0 spiro atoms. The summed E-state index contributed by atoms with van der Waals surface area (Å²) in [7, 11) is 0. The van der Waals surface area contributed by atoms with Crippen molar-refractivity contribution >= 4 is 75.3 Å². The molecule has 11 rings (SSSR count). The molecule has 0 bridgehead atoms. The van der Waals surface area contributed by atoms with Crippen molar-refractivity contribution in [3.05, 3.63) is 158 Å². The van der Waals surface area contributed by atoms with Crippen LogP contribution in [0, 0.1) is 0 Å². The molecule has 0 unspecified atom stereocenters. The molecule has 7 aromatic carbocycles. The van der Waals surface area contributed by atoms with Crippen molar-refractivity contribution in [1.29, 1.82) is 0 Å². The summed E-state index contributed by atoms with van der Waals surface area (Å²) < 4.78 is 11.8. The third kappa shape index (κ3) is 4.24. The van der Waals surface area contributed by atoms with Crippen LogP contribution >= 0.6 is 11.3 Å². The Hall–Kier alpha value is -6.63. The molecular weight excluding hydrogens is 645 g/mol. The number of hydrogen-bond donors (Lipinski definition) is 0. The largest absolute Gasteiger partial charge is 0.454 e. The molecule has 0 saturated carbocycles.